The van der Waals surface area contributed by atoms with Gasteiger partial charge >= 0.3 is 6.36 Å². The van der Waals surface area contributed by atoms with Gasteiger partial charge in [-0.25, -0.2) is 9.97 Å². The quantitative estimate of drug-likeness (QED) is 0.502. The third kappa shape index (κ3) is 7.03. The molecule has 0 unspecified atom stereocenters. The number of amides is 1. The van der Waals surface area contributed by atoms with E-state index in [9.17, 15) is 18.0 Å². The van der Waals surface area contributed by atoms with Gasteiger partial charge < -0.3 is 20.1 Å². The van der Waals surface area contributed by atoms with Gasteiger partial charge in [-0.3, -0.25) is 9.69 Å². The zero-order valence-electron chi connectivity index (χ0n) is 19.0. The van der Waals surface area contributed by atoms with Crippen LogP contribution in [0.25, 0.3) is 10.9 Å². The minimum atomic E-state index is -4.73. The summed E-state index contributed by atoms with van der Waals surface area (Å²) >= 11 is 0. The highest BCUT2D eigenvalue weighted by molar-refractivity contribution is 5.93. The van der Waals surface area contributed by atoms with Crippen molar-refractivity contribution in [2.45, 2.75) is 19.2 Å². The molecule has 0 aliphatic carbocycles. The molecular weight excluding hydrogens is 463 g/mol. The van der Waals surface area contributed by atoms with Crippen molar-refractivity contribution in [1.29, 1.82) is 0 Å². The number of ether oxygens (including phenoxy) is 1. The number of rotatable bonds is 8. The molecule has 4 rings (SSSR count). The number of benzene rings is 2. The Bertz CT molecular complexity index is 1150. The average Bonchev–Trinajstić information content (AvgIpc) is 2.83. The fourth-order valence-corrected chi connectivity index (χ4v) is 3.91. The van der Waals surface area contributed by atoms with E-state index in [2.05, 4.69) is 29.8 Å². The number of halogens is 3. The molecule has 2 heterocycles. The highest BCUT2D eigenvalue weighted by Crippen LogP contribution is 2.23. The summed E-state index contributed by atoms with van der Waals surface area (Å²) in [5.41, 5.74) is 2.11. The Morgan fingerprint density at radius 2 is 1.83 bits per heavy atom. The third-order valence-corrected chi connectivity index (χ3v) is 5.72. The van der Waals surface area contributed by atoms with Crippen molar-refractivity contribution in [1.82, 2.24) is 14.9 Å². The van der Waals surface area contributed by atoms with E-state index < -0.39 is 6.36 Å². The molecule has 2 aromatic carbocycles. The van der Waals surface area contributed by atoms with Gasteiger partial charge in [0.2, 0.25) is 11.9 Å². The maximum atomic E-state index is 12.4. The number of aromatic nitrogens is 2. The number of piperazine rings is 1. The standard InChI is InChI=1S/C24H26F3N5O3/c25-24(26,27)35-20-5-1-17(2-6-20)3-8-22(34)29-19-4-7-21-18(15-19)16-28-23(30-21)32-11-9-31(10-12-32)13-14-33/h1-2,4-7,15-16,33H,3,8-14H2,(H,29,34). The van der Waals surface area contributed by atoms with Crippen molar-refractivity contribution in [2.75, 3.05) is 49.5 Å². The van der Waals surface area contributed by atoms with E-state index in [-0.39, 0.29) is 24.7 Å². The second-order valence-corrected chi connectivity index (χ2v) is 8.24. The fraction of sp³-hybridized carbons (Fsp3) is 0.375. The molecule has 0 radical (unpaired) electrons. The molecule has 0 bridgehead atoms. The van der Waals surface area contributed by atoms with E-state index in [1.54, 1.807) is 18.3 Å². The first-order valence-corrected chi connectivity index (χ1v) is 11.3. The summed E-state index contributed by atoms with van der Waals surface area (Å²) in [7, 11) is 0. The van der Waals surface area contributed by atoms with Gasteiger partial charge in [-0.15, -0.1) is 13.2 Å². The largest absolute Gasteiger partial charge is 0.573 e. The Labute approximate surface area is 200 Å². The van der Waals surface area contributed by atoms with Crippen molar-refractivity contribution in [3.05, 3.63) is 54.2 Å². The van der Waals surface area contributed by atoms with Crippen molar-refractivity contribution >= 4 is 28.4 Å². The molecule has 8 nitrogen and oxygen atoms in total. The summed E-state index contributed by atoms with van der Waals surface area (Å²) in [6.45, 7) is 4.09. The van der Waals surface area contributed by atoms with Crippen molar-refractivity contribution in [3.63, 3.8) is 0 Å². The number of aliphatic hydroxyl groups is 1. The molecular formula is C24H26F3N5O3. The van der Waals surface area contributed by atoms with Crippen LogP contribution in [0, 0.1) is 0 Å². The van der Waals surface area contributed by atoms with Crippen LogP contribution in [0.4, 0.5) is 24.8 Å². The van der Waals surface area contributed by atoms with Crippen molar-refractivity contribution in [3.8, 4) is 5.75 Å². The average molecular weight is 489 g/mol. The molecule has 1 fully saturated rings. The van der Waals surface area contributed by atoms with Gasteiger partial charge in [0, 0.05) is 56.4 Å². The summed E-state index contributed by atoms with van der Waals surface area (Å²) in [4.78, 5) is 25.8. The Morgan fingerprint density at radius 3 is 2.51 bits per heavy atom. The molecule has 0 atom stereocenters. The van der Waals surface area contributed by atoms with Gasteiger partial charge in [0.25, 0.3) is 0 Å². The number of hydrogen-bond acceptors (Lipinski definition) is 7. The number of hydrogen-bond donors (Lipinski definition) is 2. The SMILES string of the molecule is O=C(CCc1ccc(OC(F)(F)F)cc1)Nc1ccc2nc(N3CCN(CCO)CC3)ncc2c1. The van der Waals surface area contributed by atoms with Gasteiger partial charge in [-0.1, -0.05) is 12.1 Å². The molecule has 1 aliphatic heterocycles. The molecule has 1 aromatic heterocycles. The van der Waals surface area contributed by atoms with Crippen LogP contribution < -0.4 is 15.0 Å². The first-order valence-electron chi connectivity index (χ1n) is 11.3. The lowest BCUT2D eigenvalue weighted by Crippen LogP contribution is -2.47. The predicted molar refractivity (Wildman–Crippen MR) is 125 cm³/mol. The molecule has 11 heteroatoms. The highest BCUT2D eigenvalue weighted by Gasteiger charge is 2.31. The van der Waals surface area contributed by atoms with Crippen LogP contribution in [0.1, 0.15) is 12.0 Å². The summed E-state index contributed by atoms with van der Waals surface area (Å²) in [5, 5.41) is 12.7. The molecule has 2 N–H and O–H groups in total. The van der Waals surface area contributed by atoms with E-state index in [0.29, 0.717) is 24.6 Å². The molecule has 1 aliphatic rings. The van der Waals surface area contributed by atoms with Gasteiger partial charge in [0.1, 0.15) is 5.75 Å². The Kier molecular flexibility index (Phi) is 7.67. The van der Waals surface area contributed by atoms with E-state index in [1.807, 2.05) is 6.07 Å². The number of nitrogens with one attached hydrogen (secondary N) is 1. The third-order valence-electron chi connectivity index (χ3n) is 5.72. The normalized spacial score (nSPS) is 14.8. The van der Waals surface area contributed by atoms with Crippen LogP contribution in [-0.2, 0) is 11.2 Å². The number of fused-ring (bicyclic) bond motifs is 1. The molecule has 3 aromatic rings. The van der Waals surface area contributed by atoms with E-state index >= 15 is 0 Å². The Balaban J connectivity index is 1.30. The number of aryl methyl sites for hydroxylation is 1. The first-order chi connectivity index (χ1) is 16.8. The minimum Gasteiger partial charge on any atom is -0.406 e. The van der Waals surface area contributed by atoms with E-state index in [4.69, 9.17) is 5.11 Å². The number of anilines is 2. The van der Waals surface area contributed by atoms with Crippen LogP contribution >= 0.6 is 0 Å². The molecule has 186 valence electrons. The van der Waals surface area contributed by atoms with E-state index in [1.165, 1.54) is 24.3 Å². The van der Waals surface area contributed by atoms with Crippen LogP contribution in [0.2, 0.25) is 0 Å². The topological polar surface area (TPSA) is 90.8 Å². The number of alkyl halides is 3. The smallest absolute Gasteiger partial charge is 0.406 e. The Hall–Kier alpha value is -3.44. The molecule has 1 saturated heterocycles. The van der Waals surface area contributed by atoms with Gasteiger partial charge in [0.15, 0.2) is 0 Å². The minimum absolute atomic E-state index is 0.152. The van der Waals surface area contributed by atoms with Crippen LogP contribution in [0.3, 0.4) is 0 Å². The summed E-state index contributed by atoms with van der Waals surface area (Å²) in [6.07, 6.45) is -2.44. The van der Waals surface area contributed by atoms with Crippen LogP contribution in [0.15, 0.2) is 48.7 Å². The number of carbonyl (C=O) groups excluding carboxylic acids is 1. The van der Waals surface area contributed by atoms with Gasteiger partial charge in [0.05, 0.1) is 12.1 Å². The summed E-state index contributed by atoms with van der Waals surface area (Å²) in [5.74, 6) is 0.152. The molecule has 0 saturated carbocycles. The Morgan fingerprint density at radius 1 is 1.09 bits per heavy atom. The summed E-state index contributed by atoms with van der Waals surface area (Å²) in [6, 6.07) is 10.9. The van der Waals surface area contributed by atoms with Gasteiger partial charge in [-0.05, 0) is 42.3 Å². The first kappa shape index (κ1) is 24.7. The second-order valence-electron chi connectivity index (χ2n) is 8.24. The predicted octanol–water partition coefficient (Wildman–Crippen LogP) is 3.21. The van der Waals surface area contributed by atoms with Crippen molar-refractivity contribution in [2.24, 2.45) is 0 Å². The number of aliphatic hydroxyl groups excluding tert-OH is 1. The fourth-order valence-electron chi connectivity index (χ4n) is 3.91. The maximum Gasteiger partial charge on any atom is 0.573 e. The zero-order chi connectivity index (χ0) is 24.8. The van der Waals surface area contributed by atoms with Crippen LogP contribution in [-0.4, -0.2) is 71.6 Å². The number of β-amino-alcohol motifs (C(OH)–C–C–N with tert-alkyl or cyclic N) is 1. The lowest BCUT2D eigenvalue weighted by molar-refractivity contribution is -0.274. The van der Waals surface area contributed by atoms with Gasteiger partial charge in [-0.2, -0.15) is 0 Å². The highest BCUT2D eigenvalue weighted by atomic mass is 19.4. The van der Waals surface area contributed by atoms with E-state index in [0.717, 1.165) is 42.6 Å². The maximum absolute atomic E-state index is 12.4. The molecule has 0 spiro atoms. The monoisotopic (exact) mass is 489 g/mol. The number of nitrogens with zero attached hydrogens (tertiary/aromatic N) is 4. The number of carbonyl (C=O) groups is 1. The lowest BCUT2D eigenvalue weighted by atomic mass is 10.1. The summed E-state index contributed by atoms with van der Waals surface area (Å²) < 4.78 is 40.6. The lowest BCUT2D eigenvalue weighted by Gasteiger charge is -2.34. The van der Waals surface area contributed by atoms with Crippen molar-refractivity contribution < 1.29 is 27.8 Å². The second kappa shape index (κ2) is 10.9. The van der Waals surface area contributed by atoms with Crippen LogP contribution in [0.5, 0.6) is 5.75 Å². The zero-order valence-corrected chi connectivity index (χ0v) is 19.0. The molecule has 35 heavy (non-hydrogen) atoms. The molecule has 1 amide bonds.